The van der Waals surface area contributed by atoms with Crippen LogP contribution < -0.4 is 5.32 Å². The van der Waals surface area contributed by atoms with Gasteiger partial charge in [0.1, 0.15) is 5.60 Å². The highest BCUT2D eigenvalue weighted by molar-refractivity contribution is 5.69. The first kappa shape index (κ1) is 20.2. The quantitative estimate of drug-likeness (QED) is 0.856. The SMILES string of the molecule is CC(C)(C)OC(=O)N1CCC[C@@H]1CNC1CCN(Cc2ccccc2)CC1. The molecule has 1 amide bonds. The molecule has 0 spiro atoms. The van der Waals surface area contributed by atoms with Gasteiger partial charge in [0.05, 0.1) is 0 Å². The lowest BCUT2D eigenvalue weighted by Crippen LogP contribution is -2.48. The maximum absolute atomic E-state index is 12.4. The summed E-state index contributed by atoms with van der Waals surface area (Å²) in [6.07, 6.45) is 4.32. The van der Waals surface area contributed by atoms with Crippen molar-refractivity contribution < 1.29 is 9.53 Å². The first-order valence-electron chi connectivity index (χ1n) is 10.4. The molecule has 0 saturated carbocycles. The topological polar surface area (TPSA) is 44.8 Å². The van der Waals surface area contributed by atoms with Crippen LogP contribution in [0.15, 0.2) is 30.3 Å². The molecule has 1 aromatic carbocycles. The van der Waals surface area contributed by atoms with E-state index in [-0.39, 0.29) is 12.1 Å². The molecule has 2 heterocycles. The van der Waals surface area contributed by atoms with Crippen molar-refractivity contribution in [3.05, 3.63) is 35.9 Å². The first-order chi connectivity index (χ1) is 12.9. The zero-order valence-corrected chi connectivity index (χ0v) is 17.1. The normalized spacial score (nSPS) is 22.2. The van der Waals surface area contributed by atoms with E-state index in [1.807, 2.05) is 25.7 Å². The van der Waals surface area contributed by atoms with Gasteiger partial charge in [0.25, 0.3) is 0 Å². The van der Waals surface area contributed by atoms with Crippen molar-refractivity contribution in [2.75, 3.05) is 26.2 Å². The smallest absolute Gasteiger partial charge is 0.410 e. The van der Waals surface area contributed by atoms with Gasteiger partial charge in [-0.15, -0.1) is 0 Å². The summed E-state index contributed by atoms with van der Waals surface area (Å²) < 4.78 is 5.57. The predicted molar refractivity (Wildman–Crippen MR) is 109 cm³/mol. The van der Waals surface area contributed by atoms with Crippen LogP contribution in [-0.4, -0.2) is 59.8 Å². The van der Waals surface area contributed by atoms with E-state index in [2.05, 4.69) is 40.5 Å². The van der Waals surface area contributed by atoms with Crippen LogP contribution in [0.4, 0.5) is 4.79 Å². The van der Waals surface area contributed by atoms with E-state index >= 15 is 0 Å². The van der Waals surface area contributed by atoms with E-state index in [9.17, 15) is 4.79 Å². The van der Waals surface area contributed by atoms with Crippen LogP contribution in [0, 0.1) is 0 Å². The lowest BCUT2D eigenvalue weighted by atomic mass is 10.0. The molecule has 2 aliphatic rings. The van der Waals surface area contributed by atoms with E-state index in [0.717, 1.165) is 45.6 Å². The van der Waals surface area contributed by atoms with E-state index in [4.69, 9.17) is 4.74 Å². The van der Waals surface area contributed by atoms with Crippen LogP contribution in [0.2, 0.25) is 0 Å². The Hall–Kier alpha value is -1.59. The number of rotatable bonds is 5. The van der Waals surface area contributed by atoms with Crippen LogP contribution in [0.5, 0.6) is 0 Å². The van der Waals surface area contributed by atoms with E-state index < -0.39 is 5.60 Å². The van der Waals surface area contributed by atoms with Gasteiger partial charge in [-0.25, -0.2) is 4.79 Å². The molecule has 27 heavy (non-hydrogen) atoms. The van der Waals surface area contributed by atoms with Crippen LogP contribution in [0.25, 0.3) is 0 Å². The first-order valence-corrected chi connectivity index (χ1v) is 10.4. The molecule has 3 rings (SSSR count). The number of carbonyl (C=O) groups is 1. The van der Waals surface area contributed by atoms with Gasteiger partial charge < -0.3 is 15.0 Å². The largest absolute Gasteiger partial charge is 0.444 e. The fourth-order valence-electron chi connectivity index (χ4n) is 4.05. The fraction of sp³-hybridized carbons (Fsp3) is 0.682. The third kappa shape index (κ3) is 6.22. The molecule has 2 fully saturated rings. The molecule has 0 unspecified atom stereocenters. The monoisotopic (exact) mass is 373 g/mol. The lowest BCUT2D eigenvalue weighted by Gasteiger charge is -2.34. The highest BCUT2D eigenvalue weighted by atomic mass is 16.6. The summed E-state index contributed by atoms with van der Waals surface area (Å²) in [4.78, 5) is 16.9. The van der Waals surface area contributed by atoms with Crippen molar-refractivity contribution in [3.8, 4) is 0 Å². The molecule has 0 bridgehead atoms. The molecular weight excluding hydrogens is 338 g/mol. The van der Waals surface area contributed by atoms with Gasteiger partial charge in [-0.3, -0.25) is 4.90 Å². The molecule has 5 heteroatoms. The van der Waals surface area contributed by atoms with E-state index in [0.29, 0.717) is 6.04 Å². The van der Waals surface area contributed by atoms with E-state index in [1.54, 1.807) is 0 Å². The molecule has 1 aromatic rings. The lowest BCUT2D eigenvalue weighted by molar-refractivity contribution is 0.0223. The summed E-state index contributed by atoms with van der Waals surface area (Å²) in [6.45, 7) is 10.8. The average molecular weight is 374 g/mol. The van der Waals surface area contributed by atoms with E-state index in [1.165, 1.54) is 18.4 Å². The number of piperidine rings is 1. The van der Waals surface area contributed by atoms with Gasteiger partial charge in [0.2, 0.25) is 0 Å². The van der Waals surface area contributed by atoms with Crippen LogP contribution in [0.3, 0.4) is 0 Å². The summed E-state index contributed by atoms with van der Waals surface area (Å²) >= 11 is 0. The van der Waals surface area contributed by atoms with Crippen molar-refractivity contribution in [1.29, 1.82) is 0 Å². The highest BCUT2D eigenvalue weighted by Crippen LogP contribution is 2.21. The standard InChI is InChI=1S/C22H35N3O2/c1-22(2,3)27-21(26)25-13-7-10-20(25)16-23-19-11-14-24(15-12-19)17-18-8-5-4-6-9-18/h4-6,8-9,19-20,23H,7,10-17H2,1-3H3/t20-/m1/s1. The minimum absolute atomic E-state index is 0.163. The number of hydrogen-bond acceptors (Lipinski definition) is 4. The third-order valence-electron chi connectivity index (χ3n) is 5.48. The minimum atomic E-state index is -0.427. The second-order valence-corrected chi connectivity index (χ2v) is 8.91. The Morgan fingerprint density at radius 3 is 2.48 bits per heavy atom. The van der Waals surface area contributed by atoms with Crippen molar-refractivity contribution in [3.63, 3.8) is 0 Å². The second-order valence-electron chi connectivity index (χ2n) is 8.91. The van der Waals surface area contributed by atoms with Crippen molar-refractivity contribution in [2.45, 2.75) is 70.7 Å². The molecular formula is C22H35N3O2. The molecule has 0 radical (unpaired) electrons. The molecule has 0 aliphatic carbocycles. The maximum Gasteiger partial charge on any atom is 0.410 e. The summed E-state index contributed by atoms with van der Waals surface area (Å²) in [5.41, 5.74) is 0.964. The van der Waals surface area contributed by atoms with Crippen LogP contribution in [0.1, 0.15) is 52.0 Å². The van der Waals surface area contributed by atoms with Crippen molar-refractivity contribution in [1.82, 2.24) is 15.1 Å². The number of likely N-dealkylation sites (tertiary alicyclic amines) is 2. The van der Waals surface area contributed by atoms with Crippen LogP contribution in [-0.2, 0) is 11.3 Å². The summed E-state index contributed by atoms with van der Waals surface area (Å²) in [7, 11) is 0. The Labute approximate surface area is 164 Å². The van der Waals surface area contributed by atoms with Gasteiger partial charge >= 0.3 is 6.09 Å². The summed E-state index contributed by atoms with van der Waals surface area (Å²) in [6, 6.07) is 11.5. The number of carbonyl (C=O) groups excluding carboxylic acids is 1. The third-order valence-corrected chi connectivity index (χ3v) is 5.48. The Kier molecular flexibility index (Phi) is 6.77. The number of nitrogens with zero attached hydrogens (tertiary/aromatic N) is 2. The van der Waals surface area contributed by atoms with Crippen molar-refractivity contribution >= 4 is 6.09 Å². The molecule has 5 nitrogen and oxygen atoms in total. The average Bonchev–Trinajstić information content (AvgIpc) is 3.09. The zero-order chi connectivity index (χ0) is 19.3. The molecule has 150 valence electrons. The fourth-order valence-corrected chi connectivity index (χ4v) is 4.05. The Bertz CT molecular complexity index is 591. The molecule has 2 aliphatic heterocycles. The summed E-state index contributed by atoms with van der Waals surface area (Å²) in [5.74, 6) is 0. The van der Waals surface area contributed by atoms with Gasteiger partial charge in [-0.05, 0) is 65.1 Å². The Morgan fingerprint density at radius 1 is 1.11 bits per heavy atom. The van der Waals surface area contributed by atoms with Gasteiger partial charge in [0.15, 0.2) is 0 Å². The molecule has 1 atom stereocenters. The number of ether oxygens (including phenoxy) is 1. The number of benzene rings is 1. The van der Waals surface area contributed by atoms with Gasteiger partial charge in [-0.1, -0.05) is 30.3 Å². The van der Waals surface area contributed by atoms with Crippen molar-refractivity contribution in [2.24, 2.45) is 0 Å². The highest BCUT2D eigenvalue weighted by Gasteiger charge is 2.32. The number of amides is 1. The molecule has 0 aromatic heterocycles. The molecule has 1 N–H and O–H groups in total. The van der Waals surface area contributed by atoms with Gasteiger partial charge in [-0.2, -0.15) is 0 Å². The number of hydrogen-bond donors (Lipinski definition) is 1. The Morgan fingerprint density at radius 2 is 1.81 bits per heavy atom. The maximum atomic E-state index is 12.4. The van der Waals surface area contributed by atoms with Crippen LogP contribution >= 0.6 is 0 Å². The summed E-state index contributed by atoms with van der Waals surface area (Å²) in [5, 5.41) is 3.72. The molecule has 2 saturated heterocycles. The predicted octanol–water partition coefficient (Wildman–Crippen LogP) is 3.64. The number of nitrogens with one attached hydrogen (secondary N) is 1. The zero-order valence-electron chi connectivity index (χ0n) is 17.1. The Balaban J connectivity index is 1.40. The second kappa shape index (κ2) is 9.07. The van der Waals surface area contributed by atoms with Gasteiger partial charge in [0, 0.05) is 31.7 Å². The minimum Gasteiger partial charge on any atom is -0.444 e.